The van der Waals surface area contributed by atoms with E-state index in [1.54, 1.807) is 12.1 Å². The molecular formula is C32H38FN3O6S. The van der Waals surface area contributed by atoms with Gasteiger partial charge in [-0.05, 0) is 97.6 Å². The Morgan fingerprint density at radius 1 is 1.21 bits per heavy atom. The minimum Gasteiger partial charge on any atom is -0.454 e. The number of aliphatic hydroxyl groups excluding tert-OH is 1. The molecule has 4 aliphatic rings. The monoisotopic (exact) mass is 611 g/mol. The summed E-state index contributed by atoms with van der Waals surface area (Å²) in [4.78, 5) is 37.9. The highest BCUT2D eigenvalue weighted by molar-refractivity contribution is 8.13. The quantitative estimate of drug-likeness (QED) is 0.364. The van der Waals surface area contributed by atoms with Gasteiger partial charge in [-0.1, -0.05) is 31.2 Å². The summed E-state index contributed by atoms with van der Waals surface area (Å²) in [6, 6.07) is 6.28. The summed E-state index contributed by atoms with van der Waals surface area (Å²) in [6.07, 6.45) is 6.99. The Kier molecular flexibility index (Phi) is 7.58. The Bertz CT molecular complexity index is 1490. The van der Waals surface area contributed by atoms with Gasteiger partial charge >= 0.3 is 11.9 Å². The number of benzene rings is 1. The molecule has 0 bridgehead atoms. The van der Waals surface area contributed by atoms with Gasteiger partial charge in [0.25, 0.3) is 0 Å². The van der Waals surface area contributed by atoms with Gasteiger partial charge in [-0.2, -0.15) is 5.10 Å². The molecule has 1 heterocycles. The first kappa shape index (κ1) is 30.0. The van der Waals surface area contributed by atoms with Gasteiger partial charge in [0, 0.05) is 18.2 Å². The minimum absolute atomic E-state index is 0.0338. The number of allylic oxidation sites excluding steroid dienone is 1. The molecule has 11 heteroatoms. The number of rotatable bonds is 6. The molecule has 9 nitrogen and oxygen atoms in total. The first-order valence-corrected chi connectivity index (χ1v) is 15.9. The Morgan fingerprint density at radius 2 is 1.95 bits per heavy atom. The SMILES string of the molecule is CC(=O)OCC(=O)O[C@]1(C(=O)SCN)CCC2[C@@H]3CCC4=Cc5c(cnn5-c5ccc(F)cc5)C[C@]4(C)C3[C@@H](O)C[C@@]21C. The van der Waals surface area contributed by atoms with Crippen molar-refractivity contribution in [1.29, 1.82) is 0 Å². The molecule has 2 unspecified atom stereocenters. The molecule has 0 spiro atoms. The van der Waals surface area contributed by atoms with Crippen LogP contribution in [0, 0.1) is 34.4 Å². The van der Waals surface area contributed by atoms with E-state index >= 15 is 0 Å². The number of aromatic nitrogens is 2. The number of esters is 2. The number of halogens is 1. The van der Waals surface area contributed by atoms with Crippen molar-refractivity contribution in [2.24, 2.45) is 34.3 Å². The van der Waals surface area contributed by atoms with Crippen molar-refractivity contribution < 1.29 is 33.4 Å². The van der Waals surface area contributed by atoms with E-state index in [9.17, 15) is 23.9 Å². The number of nitrogens with two attached hydrogens (primary N) is 1. The van der Waals surface area contributed by atoms with Crippen LogP contribution >= 0.6 is 11.8 Å². The van der Waals surface area contributed by atoms with Crippen LogP contribution in [-0.4, -0.2) is 56.1 Å². The number of fused-ring (bicyclic) bond motifs is 6. The van der Waals surface area contributed by atoms with Gasteiger partial charge in [-0.15, -0.1) is 0 Å². The van der Waals surface area contributed by atoms with Crippen LogP contribution in [0.2, 0.25) is 0 Å². The summed E-state index contributed by atoms with van der Waals surface area (Å²) in [5.41, 5.74) is 7.26. The standard InChI is InChI=1S/C32H38FN3O6S/c1-18(37)41-16-27(39)42-32(29(40)43-17-34)11-10-24-23-9-4-20-12-25-19(15-35-36(25)22-7-5-21(33)6-8-22)13-30(20,2)28(23)26(38)14-31(24,32)3/h5-8,12,15,23-24,26,28,38H,4,9-11,13-14,16-17,34H2,1-3H3/t23-,24?,26-,28?,30-,31-,32-/m0/s1. The van der Waals surface area contributed by atoms with E-state index in [1.807, 2.05) is 17.8 Å². The zero-order chi connectivity index (χ0) is 30.7. The molecule has 6 rings (SSSR count). The fraction of sp³-hybridized carbons (Fsp3) is 0.562. The van der Waals surface area contributed by atoms with Gasteiger partial charge in [-0.3, -0.25) is 9.59 Å². The number of thioether (sulfide) groups is 1. The van der Waals surface area contributed by atoms with Gasteiger partial charge in [0.1, 0.15) is 5.82 Å². The van der Waals surface area contributed by atoms with Crippen molar-refractivity contribution in [3.05, 3.63) is 53.1 Å². The third-order valence-electron chi connectivity index (χ3n) is 10.8. The van der Waals surface area contributed by atoms with Gasteiger partial charge in [0.15, 0.2) is 12.2 Å². The normalized spacial score (nSPS) is 34.2. The number of hydrogen-bond acceptors (Lipinski definition) is 9. The van der Waals surface area contributed by atoms with E-state index in [0.29, 0.717) is 25.7 Å². The fourth-order valence-electron chi connectivity index (χ4n) is 9.08. The molecule has 4 aliphatic carbocycles. The third kappa shape index (κ3) is 4.66. The lowest BCUT2D eigenvalue weighted by Crippen LogP contribution is -2.62. The van der Waals surface area contributed by atoms with E-state index in [0.717, 1.165) is 41.5 Å². The summed E-state index contributed by atoms with van der Waals surface area (Å²) in [6.45, 7) is 4.83. The maximum absolute atomic E-state index is 13.7. The summed E-state index contributed by atoms with van der Waals surface area (Å²) >= 11 is 0.923. The number of ether oxygens (including phenoxy) is 2. The molecule has 0 radical (unpaired) electrons. The molecule has 3 N–H and O–H groups in total. The molecular weight excluding hydrogens is 573 g/mol. The lowest BCUT2D eigenvalue weighted by molar-refractivity contribution is -0.199. The van der Waals surface area contributed by atoms with Crippen LogP contribution in [0.5, 0.6) is 0 Å². The van der Waals surface area contributed by atoms with Gasteiger partial charge < -0.3 is 20.3 Å². The van der Waals surface area contributed by atoms with Crippen molar-refractivity contribution in [2.45, 2.75) is 71.0 Å². The Labute approximate surface area is 254 Å². The Hall–Kier alpha value is -3.02. The molecule has 43 heavy (non-hydrogen) atoms. The molecule has 3 saturated carbocycles. The molecule has 0 saturated heterocycles. The highest BCUT2D eigenvalue weighted by Crippen LogP contribution is 2.68. The average molecular weight is 612 g/mol. The highest BCUT2D eigenvalue weighted by atomic mass is 32.2. The molecule has 0 amide bonds. The van der Waals surface area contributed by atoms with Crippen molar-refractivity contribution in [2.75, 3.05) is 12.5 Å². The molecule has 0 aliphatic heterocycles. The van der Waals surface area contributed by atoms with Crippen LogP contribution in [0.4, 0.5) is 4.39 Å². The minimum atomic E-state index is -1.47. The predicted molar refractivity (Wildman–Crippen MR) is 158 cm³/mol. The number of hydrogen-bond donors (Lipinski definition) is 2. The molecule has 230 valence electrons. The van der Waals surface area contributed by atoms with E-state index < -0.39 is 35.7 Å². The second-order valence-corrected chi connectivity index (χ2v) is 13.9. The third-order valence-corrected chi connectivity index (χ3v) is 11.6. The smallest absolute Gasteiger partial charge is 0.345 e. The summed E-state index contributed by atoms with van der Waals surface area (Å²) < 4.78 is 26.3. The van der Waals surface area contributed by atoms with E-state index in [1.165, 1.54) is 24.6 Å². The lowest BCUT2D eigenvalue weighted by atomic mass is 9.45. The molecule has 1 aromatic heterocycles. The van der Waals surface area contributed by atoms with E-state index in [2.05, 4.69) is 18.1 Å². The van der Waals surface area contributed by atoms with Gasteiger partial charge in [-0.25, -0.2) is 13.9 Å². The zero-order valence-electron chi connectivity index (χ0n) is 24.7. The topological polar surface area (TPSA) is 134 Å². The predicted octanol–water partition coefficient (Wildman–Crippen LogP) is 4.19. The number of aliphatic hydroxyl groups is 1. The number of carbonyl (C=O) groups excluding carboxylic acids is 3. The van der Waals surface area contributed by atoms with Gasteiger partial charge in [0.2, 0.25) is 5.12 Å². The maximum atomic E-state index is 13.7. The fourth-order valence-corrected chi connectivity index (χ4v) is 9.84. The van der Waals surface area contributed by atoms with Crippen LogP contribution in [-0.2, 0) is 30.3 Å². The molecule has 2 aromatic rings. The van der Waals surface area contributed by atoms with E-state index in [-0.39, 0.29) is 40.0 Å². The van der Waals surface area contributed by atoms with Crippen LogP contribution in [0.3, 0.4) is 0 Å². The summed E-state index contributed by atoms with van der Waals surface area (Å²) in [7, 11) is 0. The van der Waals surface area contributed by atoms with Gasteiger partial charge in [0.05, 0.1) is 23.7 Å². The van der Waals surface area contributed by atoms with Crippen LogP contribution in [0.1, 0.15) is 64.1 Å². The highest BCUT2D eigenvalue weighted by Gasteiger charge is 2.70. The second-order valence-electron chi connectivity index (χ2n) is 12.9. The molecule has 3 fully saturated rings. The number of carbonyl (C=O) groups is 3. The van der Waals surface area contributed by atoms with E-state index in [4.69, 9.17) is 15.2 Å². The average Bonchev–Trinajstić information content (AvgIpc) is 3.48. The van der Waals surface area contributed by atoms with Crippen molar-refractivity contribution >= 4 is 34.9 Å². The maximum Gasteiger partial charge on any atom is 0.345 e. The largest absolute Gasteiger partial charge is 0.454 e. The van der Waals surface area contributed by atoms with Crippen molar-refractivity contribution in [1.82, 2.24) is 9.78 Å². The lowest BCUT2D eigenvalue weighted by Gasteiger charge is -2.60. The van der Waals surface area contributed by atoms with Crippen LogP contribution in [0.25, 0.3) is 11.8 Å². The molecule has 7 atom stereocenters. The van der Waals surface area contributed by atoms with Crippen molar-refractivity contribution in [3.8, 4) is 5.69 Å². The second kappa shape index (κ2) is 10.9. The summed E-state index contributed by atoms with van der Waals surface area (Å²) in [5, 5.41) is 16.3. The Balaban J connectivity index is 1.32. The molecule has 1 aromatic carbocycles. The first-order valence-electron chi connectivity index (χ1n) is 14.9. The van der Waals surface area contributed by atoms with Crippen LogP contribution < -0.4 is 5.73 Å². The zero-order valence-corrected chi connectivity index (χ0v) is 25.5. The van der Waals surface area contributed by atoms with Crippen molar-refractivity contribution in [3.63, 3.8) is 0 Å². The Morgan fingerprint density at radius 3 is 2.65 bits per heavy atom. The summed E-state index contributed by atoms with van der Waals surface area (Å²) in [5.74, 6) is -1.57. The van der Waals surface area contributed by atoms with Crippen LogP contribution in [0.15, 0.2) is 36.0 Å². The number of nitrogens with zero attached hydrogens (tertiary/aromatic N) is 2. The first-order chi connectivity index (χ1) is 20.4.